The fourth-order valence-corrected chi connectivity index (χ4v) is 0.205. The molecule has 0 aromatic heterocycles. The van der Waals surface area contributed by atoms with Gasteiger partial charge in [0.1, 0.15) is 0 Å². The molecule has 0 bridgehead atoms. The van der Waals surface area contributed by atoms with E-state index in [0.717, 1.165) is 0 Å². The topological polar surface area (TPSA) is 0 Å². The third-order valence-corrected chi connectivity index (χ3v) is 0.543. The largest absolute Gasteiger partial charge is 0.442 e. The molecule has 0 spiro atoms. The molecule has 0 aromatic rings. The van der Waals surface area contributed by atoms with E-state index in [2.05, 4.69) is 0 Å². The van der Waals surface area contributed by atoms with E-state index in [1.165, 1.54) is 0 Å². The van der Waals surface area contributed by atoms with Gasteiger partial charge in [0.15, 0.2) is 0 Å². The Balaban J connectivity index is 4.20. The molecule has 0 radical (unpaired) electrons. The van der Waals surface area contributed by atoms with Gasteiger partial charge in [-0.3, -0.25) is 0 Å². The summed E-state index contributed by atoms with van der Waals surface area (Å²) in [7, 11) is 0. The number of hydrogen-bond donors (Lipinski definition) is 0. The van der Waals surface area contributed by atoms with Gasteiger partial charge in [0.05, 0.1) is 0 Å². The Kier molecular flexibility index (Phi) is 2.74. The number of alkyl halides is 5. The van der Waals surface area contributed by atoms with Gasteiger partial charge in [0.2, 0.25) is 5.83 Å². The lowest BCUT2D eigenvalue weighted by Crippen LogP contribution is -2.08. The van der Waals surface area contributed by atoms with Crippen molar-refractivity contribution in [1.82, 2.24) is 0 Å². The first-order chi connectivity index (χ1) is 4.34. The predicted octanol–water partition coefficient (Wildman–Crippen LogP) is 2.67. The zero-order valence-electron chi connectivity index (χ0n) is 4.42. The maximum absolute atomic E-state index is 11.4. The van der Waals surface area contributed by atoms with Gasteiger partial charge in [-0.2, -0.15) is 13.2 Å². The lowest BCUT2D eigenvalue weighted by molar-refractivity contribution is -0.110. The summed E-state index contributed by atoms with van der Waals surface area (Å²) < 4.78 is 66.5. The van der Waals surface area contributed by atoms with Crippen LogP contribution in [-0.2, 0) is 0 Å². The SMILES string of the molecule is F/C(=C/C(F)F)C(F)(F)F. The smallest absolute Gasteiger partial charge is 0.206 e. The molecule has 0 aliphatic rings. The van der Waals surface area contributed by atoms with Crippen molar-refractivity contribution in [3.8, 4) is 0 Å². The van der Waals surface area contributed by atoms with Crippen molar-refractivity contribution in [3.05, 3.63) is 11.9 Å². The monoisotopic (exact) mass is 164 g/mol. The van der Waals surface area contributed by atoms with Gasteiger partial charge >= 0.3 is 6.18 Å². The molecule has 60 valence electrons. The Bertz CT molecular complexity index is 131. The highest BCUT2D eigenvalue weighted by Gasteiger charge is 2.35. The highest BCUT2D eigenvalue weighted by Crippen LogP contribution is 2.26. The first kappa shape index (κ1) is 9.32. The lowest BCUT2D eigenvalue weighted by Gasteiger charge is -2.00. The summed E-state index contributed by atoms with van der Waals surface area (Å²) in [5, 5.41) is 0. The second-order valence-corrected chi connectivity index (χ2v) is 1.35. The number of allylic oxidation sites excluding steroid dienone is 2. The molecule has 10 heavy (non-hydrogen) atoms. The van der Waals surface area contributed by atoms with Crippen molar-refractivity contribution < 1.29 is 26.3 Å². The minimum atomic E-state index is -5.30. The highest BCUT2D eigenvalue weighted by atomic mass is 19.4. The van der Waals surface area contributed by atoms with Crippen LogP contribution in [0.3, 0.4) is 0 Å². The molecule has 0 nitrogen and oxygen atoms in total. The van der Waals surface area contributed by atoms with Gasteiger partial charge in [0, 0.05) is 6.08 Å². The zero-order valence-corrected chi connectivity index (χ0v) is 4.42. The molecular formula is C4H2F6. The third-order valence-electron chi connectivity index (χ3n) is 0.543. The van der Waals surface area contributed by atoms with E-state index in [4.69, 9.17) is 0 Å². The molecule has 0 aliphatic heterocycles. The molecule has 0 amide bonds. The van der Waals surface area contributed by atoms with Crippen LogP contribution in [0.25, 0.3) is 0 Å². The molecule has 0 heterocycles. The highest BCUT2D eigenvalue weighted by molar-refractivity contribution is 5.00. The Morgan fingerprint density at radius 2 is 1.60 bits per heavy atom. The molecular weight excluding hydrogens is 162 g/mol. The van der Waals surface area contributed by atoms with E-state index in [0.29, 0.717) is 0 Å². The normalized spacial score (nSPS) is 14.5. The van der Waals surface area contributed by atoms with E-state index >= 15 is 0 Å². The summed E-state index contributed by atoms with van der Waals surface area (Å²) in [5.74, 6) is -2.76. The summed E-state index contributed by atoms with van der Waals surface area (Å²) in [6, 6.07) is 0. The van der Waals surface area contributed by atoms with Gasteiger partial charge in [-0.15, -0.1) is 0 Å². The molecule has 0 aromatic carbocycles. The Morgan fingerprint density at radius 1 is 1.20 bits per heavy atom. The predicted molar refractivity (Wildman–Crippen MR) is 21.2 cm³/mol. The van der Waals surface area contributed by atoms with Crippen LogP contribution in [0.5, 0.6) is 0 Å². The lowest BCUT2D eigenvalue weighted by atomic mass is 10.5. The Labute approximate surface area is 52.1 Å². The molecule has 0 rings (SSSR count). The van der Waals surface area contributed by atoms with Crippen LogP contribution < -0.4 is 0 Å². The van der Waals surface area contributed by atoms with Crippen molar-refractivity contribution in [2.24, 2.45) is 0 Å². The molecule has 0 fully saturated rings. The fourth-order valence-electron chi connectivity index (χ4n) is 0.205. The van der Waals surface area contributed by atoms with E-state index in [-0.39, 0.29) is 0 Å². The van der Waals surface area contributed by atoms with Crippen molar-refractivity contribution in [2.75, 3.05) is 0 Å². The second-order valence-electron chi connectivity index (χ2n) is 1.35. The molecule has 6 heteroatoms. The number of hydrogen-bond acceptors (Lipinski definition) is 0. The van der Waals surface area contributed by atoms with Crippen LogP contribution in [0.4, 0.5) is 26.3 Å². The van der Waals surface area contributed by atoms with E-state index < -0.39 is 24.5 Å². The summed E-state index contributed by atoms with van der Waals surface area (Å²) >= 11 is 0. The standard InChI is InChI=1S/C4H2F6/c5-2(1-3(6)7)4(8,9)10/h1,3H/b2-1+. The average Bonchev–Trinajstić information content (AvgIpc) is 1.60. The van der Waals surface area contributed by atoms with Crippen LogP contribution in [0.1, 0.15) is 0 Å². The third kappa shape index (κ3) is 3.37. The van der Waals surface area contributed by atoms with Crippen molar-refractivity contribution in [3.63, 3.8) is 0 Å². The molecule has 0 atom stereocenters. The fraction of sp³-hybridized carbons (Fsp3) is 0.500. The zero-order chi connectivity index (χ0) is 8.36. The summed E-state index contributed by atoms with van der Waals surface area (Å²) in [6.07, 6.45) is -9.50. The maximum Gasteiger partial charge on any atom is 0.442 e. The van der Waals surface area contributed by atoms with E-state index in [9.17, 15) is 26.3 Å². The summed E-state index contributed by atoms with van der Waals surface area (Å²) in [6.45, 7) is 0. The molecule has 0 saturated heterocycles. The van der Waals surface area contributed by atoms with Gasteiger partial charge < -0.3 is 0 Å². The first-order valence-corrected chi connectivity index (χ1v) is 2.06. The second kappa shape index (κ2) is 2.94. The molecule has 0 aliphatic carbocycles. The first-order valence-electron chi connectivity index (χ1n) is 2.06. The van der Waals surface area contributed by atoms with Crippen molar-refractivity contribution in [2.45, 2.75) is 12.6 Å². The van der Waals surface area contributed by atoms with Gasteiger partial charge in [-0.05, 0) is 0 Å². The van der Waals surface area contributed by atoms with Crippen LogP contribution in [0, 0.1) is 0 Å². The minimum Gasteiger partial charge on any atom is -0.206 e. The van der Waals surface area contributed by atoms with Crippen molar-refractivity contribution in [1.29, 1.82) is 0 Å². The Hall–Kier alpha value is -0.680. The van der Waals surface area contributed by atoms with Crippen LogP contribution in [-0.4, -0.2) is 12.6 Å². The Morgan fingerprint density at radius 3 is 1.70 bits per heavy atom. The average molecular weight is 164 g/mol. The quantitative estimate of drug-likeness (QED) is 0.522. The van der Waals surface area contributed by atoms with E-state index in [1.807, 2.05) is 0 Å². The minimum absolute atomic E-state index is 0.792. The van der Waals surface area contributed by atoms with Crippen LogP contribution in [0.15, 0.2) is 11.9 Å². The number of halogens is 6. The van der Waals surface area contributed by atoms with Gasteiger partial charge in [-0.1, -0.05) is 0 Å². The molecule has 0 unspecified atom stereocenters. The van der Waals surface area contributed by atoms with E-state index in [1.54, 1.807) is 0 Å². The van der Waals surface area contributed by atoms with Crippen molar-refractivity contribution >= 4 is 0 Å². The van der Waals surface area contributed by atoms with Crippen LogP contribution in [0.2, 0.25) is 0 Å². The summed E-state index contributed by atoms with van der Waals surface area (Å²) in [5.41, 5.74) is 0. The van der Waals surface area contributed by atoms with Gasteiger partial charge in [-0.25, -0.2) is 13.2 Å². The molecule has 0 N–H and O–H groups in total. The number of rotatable bonds is 1. The van der Waals surface area contributed by atoms with Gasteiger partial charge in [0.25, 0.3) is 6.43 Å². The van der Waals surface area contributed by atoms with Crippen LogP contribution >= 0.6 is 0 Å². The molecule has 0 saturated carbocycles. The summed E-state index contributed by atoms with van der Waals surface area (Å²) in [4.78, 5) is 0. The maximum atomic E-state index is 11.4.